The second-order valence-electron chi connectivity index (χ2n) is 15.0. The summed E-state index contributed by atoms with van der Waals surface area (Å²) in [5.41, 5.74) is -1.10. The summed E-state index contributed by atoms with van der Waals surface area (Å²) < 4.78 is 10.2. The normalized spacial score (nSPS) is 50.3. The van der Waals surface area contributed by atoms with Crippen molar-refractivity contribution in [3.63, 3.8) is 0 Å². The molecule has 4 fully saturated rings. The Morgan fingerprint density at radius 1 is 1.07 bits per heavy atom. The lowest BCUT2D eigenvalue weighted by Crippen LogP contribution is -2.75. The van der Waals surface area contributed by atoms with Gasteiger partial charge in [-0.1, -0.05) is 61.5 Å². The molecule has 0 bridgehead atoms. The first kappa shape index (κ1) is 36.2. The lowest BCUT2D eigenvalue weighted by atomic mass is 9.22. The number of hydrogen-bond donors (Lipinski definition) is 5. The zero-order chi connectivity index (χ0) is 34.4. The minimum atomic E-state index is -1.82. The average Bonchev–Trinajstić information content (AvgIpc) is 2.99. The van der Waals surface area contributed by atoms with Gasteiger partial charge in [0.2, 0.25) is 0 Å². The van der Waals surface area contributed by atoms with Crippen molar-refractivity contribution >= 4 is 63.8 Å². The molecule has 14 atom stereocenters. The number of thiol groups is 1. The molecule has 0 aromatic carbocycles. The summed E-state index contributed by atoms with van der Waals surface area (Å²) in [7, 11) is 35.1. The predicted molar refractivity (Wildman–Crippen MR) is 180 cm³/mol. The van der Waals surface area contributed by atoms with E-state index in [1.54, 1.807) is 33.8 Å². The molecule has 240 valence electrons. The van der Waals surface area contributed by atoms with E-state index >= 15 is 0 Å². The maximum Gasteiger partial charge on any atom is 0.333 e. The van der Waals surface area contributed by atoms with Crippen LogP contribution in [0.5, 0.6) is 0 Å². The van der Waals surface area contributed by atoms with Gasteiger partial charge in [0, 0.05) is 16.3 Å². The van der Waals surface area contributed by atoms with Crippen molar-refractivity contribution in [1.82, 2.24) is 0 Å². The molecule has 0 amide bonds. The molecule has 0 heterocycles. The Kier molecular flexibility index (Phi) is 9.50. The van der Waals surface area contributed by atoms with Gasteiger partial charge in [-0.05, 0) is 62.0 Å². The number of ether oxygens (including phenoxy) is 2. The minimum absolute atomic E-state index is 0.0813. The predicted octanol–water partition coefficient (Wildman–Crippen LogP) is 1.41. The molecule has 5 aliphatic rings. The van der Waals surface area contributed by atoms with Crippen molar-refractivity contribution < 1.29 is 39.5 Å². The fourth-order valence-corrected chi connectivity index (χ4v) is 10.1. The summed E-state index contributed by atoms with van der Waals surface area (Å²) in [5.74, 6) is -4.22. The number of aliphatic hydroxyl groups is 4. The van der Waals surface area contributed by atoms with E-state index in [-0.39, 0.29) is 17.9 Å². The fraction of sp³-hybridized carbons (Fsp3) is 0.812. The van der Waals surface area contributed by atoms with Gasteiger partial charge >= 0.3 is 11.9 Å². The van der Waals surface area contributed by atoms with Gasteiger partial charge in [0.1, 0.15) is 6.10 Å². The van der Waals surface area contributed by atoms with Crippen LogP contribution in [0.4, 0.5) is 0 Å². The molecular formula is C32H43B5O8S. The van der Waals surface area contributed by atoms with Crippen molar-refractivity contribution in [3.05, 3.63) is 23.3 Å². The van der Waals surface area contributed by atoms with Gasteiger partial charge in [-0.25, -0.2) is 4.79 Å². The quantitative estimate of drug-likeness (QED) is 0.100. The number of rotatable bonds is 5. The second kappa shape index (κ2) is 12.1. The Morgan fingerprint density at radius 2 is 1.72 bits per heavy atom. The number of carbonyl (C=O) groups is 2. The molecule has 46 heavy (non-hydrogen) atoms. The summed E-state index contributed by atoms with van der Waals surface area (Å²) in [6.07, 6.45) is -1.99. The van der Waals surface area contributed by atoms with Gasteiger partial charge in [-0.15, -0.1) is 0 Å². The van der Waals surface area contributed by atoms with Gasteiger partial charge in [0.05, 0.1) is 69.4 Å². The molecule has 10 radical (unpaired) electrons. The summed E-state index contributed by atoms with van der Waals surface area (Å²) in [6.45, 7) is 5.65. The largest absolute Gasteiger partial charge is 0.457 e. The van der Waals surface area contributed by atoms with Crippen LogP contribution in [0.15, 0.2) is 23.3 Å². The minimum Gasteiger partial charge on any atom is -0.457 e. The number of aliphatic hydroxyl groups excluding tert-OH is 4. The Bertz CT molecular complexity index is 1310. The number of esters is 2. The van der Waals surface area contributed by atoms with E-state index in [1.807, 2.05) is 6.08 Å². The van der Waals surface area contributed by atoms with Crippen LogP contribution in [0.25, 0.3) is 0 Å². The molecular weight excluding hydrogens is 598 g/mol. The lowest BCUT2D eigenvalue weighted by molar-refractivity contribution is -0.246. The molecule has 5 aliphatic carbocycles. The van der Waals surface area contributed by atoms with Crippen LogP contribution < -0.4 is 0 Å². The number of fused-ring (bicyclic) bond motifs is 7. The molecule has 5 rings (SSSR count). The Balaban J connectivity index is 1.67. The molecule has 0 spiro atoms. The molecule has 0 aliphatic heterocycles. The van der Waals surface area contributed by atoms with E-state index in [9.17, 15) is 30.0 Å². The Labute approximate surface area is 284 Å². The van der Waals surface area contributed by atoms with Gasteiger partial charge in [-0.3, -0.25) is 4.79 Å². The van der Waals surface area contributed by atoms with E-state index in [4.69, 9.17) is 61.3 Å². The van der Waals surface area contributed by atoms with Crippen LogP contribution in [-0.4, -0.2) is 113 Å². The first-order chi connectivity index (χ1) is 21.3. The third kappa shape index (κ3) is 4.84. The SMILES string of the molecule is [B][C@@H]1C2CC[C@]3([B])C(CC=C4C5C[C@@]([B])(S)[C@@H](OC(=O)/C(C)=C\C)[C@H](OC(=O)C(C)C)[C@]5(CO)[C@H](O)[C@H](O)[C@]43[B])[C@@]2([B])CC[C@@H]1O. The fourth-order valence-electron chi connectivity index (χ4n) is 9.74. The smallest absolute Gasteiger partial charge is 0.333 e. The maximum absolute atomic E-state index is 13.2. The average molecular weight is 642 g/mol. The highest BCUT2D eigenvalue weighted by molar-refractivity contribution is 7.83. The third-order valence-electron chi connectivity index (χ3n) is 12.6. The first-order valence-corrected chi connectivity index (χ1v) is 16.8. The van der Waals surface area contributed by atoms with E-state index in [0.29, 0.717) is 37.7 Å². The van der Waals surface area contributed by atoms with Gasteiger partial charge in [0.15, 0.2) is 6.10 Å². The standard InChI is InChI=1S/C32H43B5O8S/c1-5-15(4)27(43)45-25-24(44-26(42)14(2)3)28(13-38)18(12-31(25,36)46)16-6-7-20-29(34)10-9-19(39)21(33)17(29)8-11-30(20,35)32(16,37)23(41)22(28)40/h5-6,14,17-25,38-41,46H,7-13H2,1-4H3/b15-5-/t17?,18?,19-,20?,21+,22+,23-,24-,25-,28-,29+,30-,31+,32+/m0/s1. The Hall–Kier alpha value is -1.07. The molecule has 0 saturated heterocycles. The monoisotopic (exact) mass is 642 g/mol. The van der Waals surface area contributed by atoms with Crippen molar-refractivity contribution in [2.75, 3.05) is 6.61 Å². The van der Waals surface area contributed by atoms with Crippen LogP contribution in [0.3, 0.4) is 0 Å². The third-order valence-corrected chi connectivity index (χ3v) is 13.0. The van der Waals surface area contributed by atoms with E-state index in [1.165, 1.54) is 0 Å². The van der Waals surface area contributed by atoms with Gasteiger partial charge in [-0.2, -0.15) is 12.6 Å². The topological polar surface area (TPSA) is 134 Å². The van der Waals surface area contributed by atoms with Crippen LogP contribution in [0, 0.1) is 29.1 Å². The molecule has 0 aromatic rings. The van der Waals surface area contributed by atoms with Crippen LogP contribution in [0.1, 0.15) is 66.2 Å². The van der Waals surface area contributed by atoms with Crippen LogP contribution in [0.2, 0.25) is 21.8 Å². The van der Waals surface area contributed by atoms with E-state index in [2.05, 4.69) is 0 Å². The lowest BCUT2D eigenvalue weighted by Gasteiger charge is -2.73. The molecule has 8 nitrogen and oxygen atoms in total. The summed E-state index contributed by atoms with van der Waals surface area (Å²) in [5, 5.41) is 42.3. The van der Waals surface area contributed by atoms with Crippen molar-refractivity contribution in [2.24, 2.45) is 29.1 Å². The first-order valence-electron chi connectivity index (χ1n) is 16.3. The zero-order valence-electron chi connectivity index (χ0n) is 27.1. The maximum atomic E-state index is 13.2. The van der Waals surface area contributed by atoms with Gasteiger partial charge in [0.25, 0.3) is 0 Å². The van der Waals surface area contributed by atoms with Crippen molar-refractivity contribution in [2.45, 2.75) is 123 Å². The summed E-state index contributed by atoms with van der Waals surface area (Å²) >= 11 is 4.76. The zero-order valence-corrected chi connectivity index (χ0v) is 28.0. The molecule has 0 aromatic heterocycles. The van der Waals surface area contributed by atoms with E-state index < -0.39 is 98.6 Å². The number of hydrogen-bond acceptors (Lipinski definition) is 9. The van der Waals surface area contributed by atoms with Crippen molar-refractivity contribution in [1.29, 1.82) is 0 Å². The molecule has 4 saturated carbocycles. The molecule has 3 unspecified atom stereocenters. The highest BCUT2D eigenvalue weighted by atomic mass is 32.1. The van der Waals surface area contributed by atoms with Crippen LogP contribution >= 0.6 is 12.6 Å². The Morgan fingerprint density at radius 3 is 2.30 bits per heavy atom. The van der Waals surface area contributed by atoms with E-state index in [0.717, 1.165) is 0 Å². The number of allylic oxidation sites excluding steroid dienone is 2. The second-order valence-corrected chi connectivity index (χ2v) is 15.8. The van der Waals surface area contributed by atoms with Gasteiger partial charge < -0.3 is 29.9 Å². The number of carbonyl (C=O) groups excluding carboxylic acids is 2. The highest BCUT2D eigenvalue weighted by Crippen LogP contribution is 2.80. The van der Waals surface area contributed by atoms with Crippen molar-refractivity contribution in [3.8, 4) is 0 Å². The molecule has 4 N–H and O–H groups in total. The summed E-state index contributed by atoms with van der Waals surface area (Å²) in [4.78, 5) is 26.3. The highest BCUT2D eigenvalue weighted by Gasteiger charge is 2.75. The molecule has 14 heteroatoms. The summed E-state index contributed by atoms with van der Waals surface area (Å²) in [6, 6.07) is 0. The van der Waals surface area contributed by atoms with Crippen LogP contribution in [-0.2, 0) is 19.1 Å².